The average Bonchev–Trinajstić information content (AvgIpc) is 2.12. The maximum absolute atomic E-state index is 13.0. The van der Waals surface area contributed by atoms with Crippen LogP contribution >= 0.6 is 0 Å². The van der Waals surface area contributed by atoms with Gasteiger partial charge in [-0.3, -0.25) is 4.98 Å². The monoisotopic (exact) mass is 259 g/mol. The molecule has 0 fully saturated rings. The molecule has 1 heterocycles. The summed E-state index contributed by atoms with van der Waals surface area (Å²) in [5.41, 5.74) is 1.35. The molecule has 0 N–H and O–H groups in total. The molecule has 0 bridgehead atoms. The van der Waals surface area contributed by atoms with Crippen molar-refractivity contribution in [2.45, 2.75) is 59.6 Å². The second-order valence-electron chi connectivity index (χ2n) is 5.30. The number of pyridine rings is 1. The molecule has 0 aliphatic carbocycles. The Balaban J connectivity index is 3.67. The Morgan fingerprint density at radius 1 is 0.944 bits per heavy atom. The quantitative estimate of drug-likeness (QED) is 0.731. The van der Waals surface area contributed by atoms with Crippen LogP contribution in [0.1, 0.15) is 67.6 Å². The molecule has 0 aliphatic rings. The molecular weight excluding hydrogens is 239 g/mol. The highest BCUT2D eigenvalue weighted by atomic mass is 19.4. The third-order valence-electron chi connectivity index (χ3n) is 3.11. The number of hydrogen-bond acceptors (Lipinski definition) is 1. The maximum Gasteiger partial charge on any atom is 0.418 e. The zero-order chi connectivity index (χ0) is 14.2. The molecule has 1 nitrogen and oxygen atoms in total. The van der Waals surface area contributed by atoms with Gasteiger partial charge in [-0.2, -0.15) is 13.2 Å². The van der Waals surface area contributed by atoms with Gasteiger partial charge in [-0.15, -0.1) is 0 Å². The Bertz CT molecular complexity index is 445. The van der Waals surface area contributed by atoms with Gasteiger partial charge < -0.3 is 0 Å². The molecule has 4 heteroatoms. The molecule has 102 valence electrons. The van der Waals surface area contributed by atoms with Gasteiger partial charge in [0.25, 0.3) is 0 Å². The van der Waals surface area contributed by atoms with Gasteiger partial charge in [-0.05, 0) is 36.8 Å². The Kier molecular flexibility index (Phi) is 4.08. The summed E-state index contributed by atoms with van der Waals surface area (Å²) in [7, 11) is 0. The summed E-state index contributed by atoms with van der Waals surface area (Å²) in [6.07, 6.45) is -4.33. The van der Waals surface area contributed by atoms with Crippen molar-refractivity contribution >= 4 is 0 Å². The predicted molar refractivity (Wildman–Crippen MR) is 66.9 cm³/mol. The van der Waals surface area contributed by atoms with E-state index in [1.54, 1.807) is 6.92 Å². The van der Waals surface area contributed by atoms with E-state index in [2.05, 4.69) is 4.98 Å². The van der Waals surface area contributed by atoms with Crippen molar-refractivity contribution in [1.82, 2.24) is 4.98 Å². The maximum atomic E-state index is 13.0. The molecule has 0 radical (unpaired) electrons. The van der Waals surface area contributed by atoms with Crippen molar-refractivity contribution in [3.05, 3.63) is 28.1 Å². The van der Waals surface area contributed by atoms with Crippen LogP contribution in [0, 0.1) is 13.8 Å². The number of aromatic nitrogens is 1. The van der Waals surface area contributed by atoms with Crippen LogP contribution in [0.15, 0.2) is 0 Å². The molecule has 1 rings (SSSR count). The van der Waals surface area contributed by atoms with Crippen molar-refractivity contribution in [2.75, 3.05) is 0 Å². The molecule has 0 unspecified atom stereocenters. The van der Waals surface area contributed by atoms with Crippen LogP contribution in [0.5, 0.6) is 0 Å². The first-order valence-electron chi connectivity index (χ1n) is 6.15. The zero-order valence-electron chi connectivity index (χ0n) is 11.7. The zero-order valence-corrected chi connectivity index (χ0v) is 11.7. The van der Waals surface area contributed by atoms with Gasteiger partial charge in [0, 0.05) is 5.69 Å². The molecule has 0 aromatic carbocycles. The highest BCUT2D eigenvalue weighted by molar-refractivity contribution is 5.43. The summed E-state index contributed by atoms with van der Waals surface area (Å²) < 4.78 is 39.1. The van der Waals surface area contributed by atoms with Gasteiger partial charge in [0.15, 0.2) is 0 Å². The molecule has 0 aliphatic heterocycles. The van der Waals surface area contributed by atoms with Crippen LogP contribution in [0.25, 0.3) is 0 Å². The lowest BCUT2D eigenvalue weighted by Gasteiger charge is -2.23. The lowest BCUT2D eigenvalue weighted by molar-refractivity contribution is -0.138. The Labute approximate surface area is 106 Å². The molecule has 18 heavy (non-hydrogen) atoms. The molecule has 0 atom stereocenters. The second kappa shape index (κ2) is 4.90. The van der Waals surface area contributed by atoms with Crippen LogP contribution in [0.3, 0.4) is 0 Å². The van der Waals surface area contributed by atoms with Gasteiger partial charge in [0.2, 0.25) is 0 Å². The lowest BCUT2D eigenvalue weighted by Crippen LogP contribution is -2.17. The van der Waals surface area contributed by atoms with Gasteiger partial charge in [-0.1, -0.05) is 27.7 Å². The van der Waals surface area contributed by atoms with E-state index in [1.165, 1.54) is 6.92 Å². The fourth-order valence-corrected chi connectivity index (χ4v) is 2.48. The van der Waals surface area contributed by atoms with Gasteiger partial charge in [-0.25, -0.2) is 0 Å². The average molecular weight is 259 g/mol. The van der Waals surface area contributed by atoms with Crippen molar-refractivity contribution < 1.29 is 13.2 Å². The van der Waals surface area contributed by atoms with Crippen molar-refractivity contribution in [3.8, 4) is 0 Å². The number of hydrogen-bond donors (Lipinski definition) is 0. The first-order valence-corrected chi connectivity index (χ1v) is 6.15. The Hall–Kier alpha value is -1.06. The summed E-state index contributed by atoms with van der Waals surface area (Å²) in [5, 5.41) is 0. The van der Waals surface area contributed by atoms with E-state index in [9.17, 15) is 13.2 Å². The minimum atomic E-state index is -4.33. The summed E-state index contributed by atoms with van der Waals surface area (Å²) in [6.45, 7) is 10.7. The van der Waals surface area contributed by atoms with Crippen LogP contribution in [-0.4, -0.2) is 4.98 Å². The van der Waals surface area contributed by atoms with Crippen LogP contribution < -0.4 is 0 Å². The smallest absolute Gasteiger partial charge is 0.257 e. The minimum absolute atomic E-state index is 0.0385. The SMILES string of the molecule is Cc1nc(C(C)C)c(C(C)C)c(C)c1C(F)(F)F. The molecule has 0 amide bonds. The van der Waals surface area contributed by atoms with Crippen molar-refractivity contribution in [1.29, 1.82) is 0 Å². The summed E-state index contributed by atoms with van der Waals surface area (Å²) in [5.74, 6) is 0.165. The Morgan fingerprint density at radius 3 is 1.78 bits per heavy atom. The lowest BCUT2D eigenvalue weighted by atomic mass is 9.88. The molecule has 1 aromatic heterocycles. The van der Waals surface area contributed by atoms with Crippen LogP contribution in [0.2, 0.25) is 0 Å². The van der Waals surface area contributed by atoms with E-state index in [1.807, 2.05) is 27.7 Å². The van der Waals surface area contributed by atoms with E-state index in [4.69, 9.17) is 0 Å². The second-order valence-corrected chi connectivity index (χ2v) is 5.30. The molecular formula is C14H20F3N. The van der Waals surface area contributed by atoms with Crippen molar-refractivity contribution in [2.24, 2.45) is 0 Å². The van der Waals surface area contributed by atoms with Crippen molar-refractivity contribution in [3.63, 3.8) is 0 Å². The van der Waals surface area contributed by atoms with E-state index >= 15 is 0 Å². The highest BCUT2D eigenvalue weighted by Crippen LogP contribution is 2.39. The normalized spacial score (nSPS) is 12.6. The first-order chi connectivity index (χ1) is 8.07. The third-order valence-corrected chi connectivity index (χ3v) is 3.11. The molecule has 0 saturated heterocycles. The summed E-state index contributed by atoms with van der Waals surface area (Å²) >= 11 is 0. The molecule has 0 saturated carbocycles. The van der Waals surface area contributed by atoms with E-state index in [-0.39, 0.29) is 17.5 Å². The molecule has 0 spiro atoms. The van der Waals surface area contributed by atoms with Gasteiger partial charge in [0.1, 0.15) is 0 Å². The minimum Gasteiger partial charge on any atom is -0.257 e. The Morgan fingerprint density at radius 2 is 1.44 bits per heavy atom. The fourth-order valence-electron chi connectivity index (χ4n) is 2.48. The molecule has 1 aromatic rings. The van der Waals surface area contributed by atoms with Gasteiger partial charge in [0.05, 0.1) is 11.3 Å². The summed E-state index contributed by atoms with van der Waals surface area (Å²) in [4.78, 5) is 4.20. The predicted octanol–water partition coefficient (Wildman–Crippen LogP) is 4.96. The van der Waals surface area contributed by atoms with Gasteiger partial charge >= 0.3 is 6.18 Å². The fraction of sp³-hybridized carbons (Fsp3) is 0.643. The largest absolute Gasteiger partial charge is 0.418 e. The third kappa shape index (κ3) is 2.68. The van der Waals surface area contributed by atoms with E-state index in [0.717, 1.165) is 11.3 Å². The highest BCUT2D eigenvalue weighted by Gasteiger charge is 2.37. The number of nitrogens with zero attached hydrogens (tertiary/aromatic N) is 1. The number of halogens is 3. The van der Waals surface area contributed by atoms with E-state index in [0.29, 0.717) is 5.56 Å². The van der Waals surface area contributed by atoms with Crippen LogP contribution in [-0.2, 0) is 6.18 Å². The van der Waals surface area contributed by atoms with E-state index < -0.39 is 11.7 Å². The summed E-state index contributed by atoms with van der Waals surface area (Å²) in [6, 6.07) is 0. The van der Waals surface area contributed by atoms with Crippen LogP contribution in [0.4, 0.5) is 13.2 Å². The number of aryl methyl sites for hydroxylation is 1. The standard InChI is InChI=1S/C14H20F3N/c1-7(2)11-9(5)12(14(15,16)17)10(6)18-13(11)8(3)4/h7-8H,1-6H3. The number of rotatable bonds is 2. The first kappa shape index (κ1) is 15.0. The topological polar surface area (TPSA) is 12.9 Å². The number of alkyl halides is 3.